The Hall–Kier alpha value is -2.30. The minimum atomic E-state index is -0.338. The highest BCUT2D eigenvalue weighted by Crippen LogP contribution is 2.31. The number of likely N-dealkylation sites (tertiary alicyclic amines) is 1. The summed E-state index contributed by atoms with van der Waals surface area (Å²) in [5, 5.41) is 0.972. The fraction of sp³-hybridized carbons (Fsp3) is 0.444. The number of amides is 2. The first-order chi connectivity index (χ1) is 10.9. The predicted octanol–water partition coefficient (Wildman–Crippen LogP) is 2.70. The minimum absolute atomic E-state index is 0.151. The highest BCUT2D eigenvalue weighted by molar-refractivity contribution is 6.00. The SMILES string of the molecule is Cc1ccc2c(C)c(C(=O)N3CCC[C@@H](C(N)=O)C3)oc2c1C. The summed E-state index contributed by atoms with van der Waals surface area (Å²) < 4.78 is 5.91. The summed E-state index contributed by atoms with van der Waals surface area (Å²) in [5.74, 6) is -0.378. The van der Waals surface area contributed by atoms with E-state index in [1.165, 1.54) is 0 Å². The van der Waals surface area contributed by atoms with Crippen molar-refractivity contribution in [1.82, 2.24) is 4.90 Å². The number of piperidine rings is 1. The molecule has 2 aromatic rings. The summed E-state index contributed by atoms with van der Waals surface area (Å²) in [6, 6.07) is 4.04. The molecule has 0 aliphatic carbocycles. The third kappa shape index (κ3) is 2.60. The molecule has 1 atom stereocenters. The van der Waals surface area contributed by atoms with E-state index < -0.39 is 0 Å². The third-order valence-electron chi connectivity index (χ3n) is 4.93. The van der Waals surface area contributed by atoms with Crippen LogP contribution in [0.1, 0.15) is 40.1 Å². The lowest BCUT2D eigenvalue weighted by Gasteiger charge is -2.30. The molecule has 1 aliphatic rings. The number of fused-ring (bicyclic) bond motifs is 1. The van der Waals surface area contributed by atoms with Crippen LogP contribution in [0.25, 0.3) is 11.0 Å². The molecule has 2 heterocycles. The van der Waals surface area contributed by atoms with Crippen LogP contribution in [0.3, 0.4) is 0 Å². The normalized spacial score (nSPS) is 18.4. The van der Waals surface area contributed by atoms with Gasteiger partial charge in [0.1, 0.15) is 5.58 Å². The molecule has 0 spiro atoms. The molecular weight excluding hydrogens is 292 g/mol. The third-order valence-corrected chi connectivity index (χ3v) is 4.93. The maximum absolute atomic E-state index is 12.8. The number of aryl methyl sites for hydroxylation is 3. The van der Waals surface area contributed by atoms with E-state index in [1.54, 1.807) is 4.90 Å². The second kappa shape index (κ2) is 5.72. The summed E-state index contributed by atoms with van der Waals surface area (Å²) in [5.41, 5.74) is 9.21. The van der Waals surface area contributed by atoms with Gasteiger partial charge in [-0.15, -0.1) is 0 Å². The molecule has 1 saturated heterocycles. The predicted molar refractivity (Wildman–Crippen MR) is 88.2 cm³/mol. The van der Waals surface area contributed by atoms with Gasteiger partial charge in [-0.3, -0.25) is 9.59 Å². The van der Waals surface area contributed by atoms with Crippen LogP contribution in [0.2, 0.25) is 0 Å². The van der Waals surface area contributed by atoms with Gasteiger partial charge >= 0.3 is 0 Å². The molecule has 0 saturated carbocycles. The van der Waals surface area contributed by atoms with Crippen molar-refractivity contribution in [3.63, 3.8) is 0 Å². The number of hydrogen-bond donors (Lipinski definition) is 1. The van der Waals surface area contributed by atoms with Gasteiger partial charge in [-0.2, -0.15) is 0 Å². The quantitative estimate of drug-likeness (QED) is 0.926. The molecule has 5 heteroatoms. The number of benzene rings is 1. The molecule has 1 fully saturated rings. The number of carbonyl (C=O) groups excluding carboxylic acids is 2. The zero-order valence-corrected chi connectivity index (χ0v) is 13.8. The molecule has 0 bridgehead atoms. The van der Waals surface area contributed by atoms with Crippen LogP contribution < -0.4 is 5.73 Å². The van der Waals surface area contributed by atoms with Gasteiger partial charge in [0.05, 0.1) is 5.92 Å². The largest absolute Gasteiger partial charge is 0.450 e. The van der Waals surface area contributed by atoms with Crippen molar-refractivity contribution >= 4 is 22.8 Å². The van der Waals surface area contributed by atoms with Crippen molar-refractivity contribution in [1.29, 1.82) is 0 Å². The number of furan rings is 1. The Bertz CT molecular complexity index is 791. The Morgan fingerprint density at radius 2 is 1.96 bits per heavy atom. The molecule has 1 aromatic heterocycles. The zero-order valence-electron chi connectivity index (χ0n) is 13.8. The summed E-state index contributed by atoms with van der Waals surface area (Å²) in [7, 11) is 0. The maximum Gasteiger partial charge on any atom is 0.289 e. The van der Waals surface area contributed by atoms with Crippen LogP contribution in [-0.4, -0.2) is 29.8 Å². The Balaban J connectivity index is 1.96. The van der Waals surface area contributed by atoms with E-state index in [-0.39, 0.29) is 17.7 Å². The van der Waals surface area contributed by atoms with Crippen LogP contribution in [0.5, 0.6) is 0 Å². The summed E-state index contributed by atoms with van der Waals surface area (Å²) in [6.07, 6.45) is 1.54. The van der Waals surface area contributed by atoms with E-state index in [1.807, 2.05) is 32.9 Å². The molecule has 1 aromatic carbocycles. The second-order valence-corrected chi connectivity index (χ2v) is 6.43. The second-order valence-electron chi connectivity index (χ2n) is 6.43. The lowest BCUT2D eigenvalue weighted by molar-refractivity contribution is -0.123. The molecule has 122 valence electrons. The molecule has 0 unspecified atom stereocenters. The van der Waals surface area contributed by atoms with Crippen molar-refractivity contribution < 1.29 is 14.0 Å². The molecule has 23 heavy (non-hydrogen) atoms. The molecule has 1 aliphatic heterocycles. The van der Waals surface area contributed by atoms with Crippen LogP contribution >= 0.6 is 0 Å². The molecule has 3 rings (SSSR count). The Morgan fingerprint density at radius 1 is 1.22 bits per heavy atom. The number of nitrogens with zero attached hydrogens (tertiary/aromatic N) is 1. The zero-order chi connectivity index (χ0) is 16.7. The lowest BCUT2D eigenvalue weighted by Crippen LogP contribution is -2.44. The average molecular weight is 314 g/mol. The smallest absolute Gasteiger partial charge is 0.289 e. The van der Waals surface area contributed by atoms with Gasteiger partial charge in [0, 0.05) is 24.0 Å². The van der Waals surface area contributed by atoms with Crippen molar-refractivity contribution in [2.75, 3.05) is 13.1 Å². The lowest BCUT2D eigenvalue weighted by atomic mass is 9.97. The van der Waals surface area contributed by atoms with Gasteiger partial charge in [0.15, 0.2) is 5.76 Å². The average Bonchev–Trinajstić information content (AvgIpc) is 2.88. The fourth-order valence-corrected chi connectivity index (χ4v) is 3.26. The van der Waals surface area contributed by atoms with E-state index in [9.17, 15) is 9.59 Å². The topological polar surface area (TPSA) is 76.5 Å². The summed E-state index contributed by atoms with van der Waals surface area (Å²) in [6.45, 7) is 6.94. The van der Waals surface area contributed by atoms with Crippen LogP contribution in [0, 0.1) is 26.7 Å². The number of hydrogen-bond acceptors (Lipinski definition) is 3. The van der Waals surface area contributed by atoms with E-state index in [2.05, 4.69) is 0 Å². The van der Waals surface area contributed by atoms with Crippen LogP contribution in [0.4, 0.5) is 0 Å². The first-order valence-corrected chi connectivity index (χ1v) is 7.98. The van der Waals surface area contributed by atoms with Gasteiger partial charge in [-0.05, 0) is 44.7 Å². The van der Waals surface area contributed by atoms with Crippen molar-refractivity contribution in [3.05, 3.63) is 34.6 Å². The summed E-state index contributed by atoms with van der Waals surface area (Å²) >= 11 is 0. The Morgan fingerprint density at radius 3 is 2.65 bits per heavy atom. The number of rotatable bonds is 2. The van der Waals surface area contributed by atoms with E-state index in [0.29, 0.717) is 18.8 Å². The standard InChI is InChI=1S/C18H22N2O3/c1-10-6-7-14-12(3)16(23-15(14)11(10)2)18(22)20-8-4-5-13(9-20)17(19)21/h6-7,13H,4-5,8-9H2,1-3H3,(H2,19,21)/t13-/m1/s1. The maximum atomic E-state index is 12.8. The summed E-state index contributed by atoms with van der Waals surface area (Å²) in [4.78, 5) is 25.9. The van der Waals surface area contributed by atoms with Crippen molar-refractivity contribution in [2.24, 2.45) is 11.7 Å². The number of nitrogens with two attached hydrogens (primary N) is 1. The van der Waals surface area contributed by atoms with Gasteiger partial charge in [0.2, 0.25) is 5.91 Å². The van der Waals surface area contributed by atoms with Gasteiger partial charge in [0.25, 0.3) is 5.91 Å². The fourth-order valence-electron chi connectivity index (χ4n) is 3.26. The molecule has 2 N–H and O–H groups in total. The van der Waals surface area contributed by atoms with Gasteiger partial charge in [-0.25, -0.2) is 0 Å². The Labute approximate surface area is 135 Å². The monoisotopic (exact) mass is 314 g/mol. The Kier molecular flexibility index (Phi) is 3.88. The number of carbonyl (C=O) groups is 2. The van der Waals surface area contributed by atoms with E-state index in [4.69, 9.17) is 10.2 Å². The molecule has 0 radical (unpaired) electrons. The van der Waals surface area contributed by atoms with Gasteiger partial charge in [-0.1, -0.05) is 12.1 Å². The molecular formula is C18H22N2O3. The first kappa shape index (κ1) is 15.6. The first-order valence-electron chi connectivity index (χ1n) is 7.98. The minimum Gasteiger partial charge on any atom is -0.450 e. The van der Waals surface area contributed by atoms with Gasteiger partial charge < -0.3 is 15.1 Å². The highest BCUT2D eigenvalue weighted by atomic mass is 16.3. The van der Waals surface area contributed by atoms with Crippen molar-refractivity contribution in [2.45, 2.75) is 33.6 Å². The number of primary amides is 1. The van der Waals surface area contributed by atoms with Crippen molar-refractivity contribution in [3.8, 4) is 0 Å². The van der Waals surface area contributed by atoms with Crippen LogP contribution in [-0.2, 0) is 4.79 Å². The van der Waals surface area contributed by atoms with Crippen LogP contribution in [0.15, 0.2) is 16.5 Å². The molecule has 2 amide bonds. The van der Waals surface area contributed by atoms with E-state index >= 15 is 0 Å². The molecule has 5 nitrogen and oxygen atoms in total. The van der Waals surface area contributed by atoms with E-state index in [0.717, 1.165) is 40.5 Å². The highest BCUT2D eigenvalue weighted by Gasteiger charge is 2.30.